The van der Waals surface area contributed by atoms with Crippen LogP contribution in [0.1, 0.15) is 22.0 Å². The molecule has 17 heavy (non-hydrogen) atoms. The fourth-order valence-corrected chi connectivity index (χ4v) is 2.27. The highest BCUT2D eigenvalue weighted by Crippen LogP contribution is 2.15. The number of rotatable bonds is 4. The van der Waals surface area contributed by atoms with E-state index in [0.717, 1.165) is 17.9 Å². The van der Waals surface area contributed by atoms with Crippen LogP contribution >= 0.6 is 11.3 Å². The zero-order chi connectivity index (χ0) is 12.3. The van der Waals surface area contributed by atoms with Gasteiger partial charge in [0.1, 0.15) is 5.75 Å². The molecule has 90 valence electrons. The van der Waals surface area contributed by atoms with E-state index in [9.17, 15) is 5.11 Å². The van der Waals surface area contributed by atoms with Crippen LogP contribution in [-0.4, -0.2) is 15.1 Å². The van der Waals surface area contributed by atoms with Crippen LogP contribution in [0.15, 0.2) is 17.6 Å². The van der Waals surface area contributed by atoms with Crippen LogP contribution in [0.3, 0.4) is 0 Å². The van der Waals surface area contributed by atoms with Crippen LogP contribution in [0.4, 0.5) is 0 Å². The molecule has 0 atom stereocenters. The third-order valence-electron chi connectivity index (χ3n) is 2.51. The van der Waals surface area contributed by atoms with Crippen LogP contribution in [-0.2, 0) is 13.1 Å². The second kappa shape index (κ2) is 5.25. The second-order valence-corrected chi connectivity index (χ2v) is 4.82. The quantitative estimate of drug-likeness (QED) is 0.871. The van der Waals surface area contributed by atoms with Gasteiger partial charge in [-0.05, 0) is 26.0 Å². The molecule has 5 heteroatoms. The van der Waals surface area contributed by atoms with E-state index in [-0.39, 0.29) is 5.75 Å². The van der Waals surface area contributed by atoms with Gasteiger partial charge >= 0.3 is 0 Å². The molecule has 0 unspecified atom stereocenters. The molecule has 0 aliphatic heterocycles. The first kappa shape index (κ1) is 12.0. The zero-order valence-electron chi connectivity index (χ0n) is 9.90. The van der Waals surface area contributed by atoms with Crippen LogP contribution in [0.2, 0.25) is 0 Å². The van der Waals surface area contributed by atoms with Gasteiger partial charge in [-0.15, -0.1) is 11.3 Å². The molecule has 0 saturated heterocycles. The Balaban J connectivity index is 1.94. The molecule has 0 spiro atoms. The minimum absolute atomic E-state index is 0.240. The lowest BCUT2D eigenvalue weighted by Crippen LogP contribution is -2.14. The van der Waals surface area contributed by atoms with Gasteiger partial charge in [-0.2, -0.15) is 0 Å². The first-order valence-electron chi connectivity index (χ1n) is 5.42. The standard InChI is InChI=1S/C12H15N3OS/c1-8-3-4-11(16)10(15-8)5-13-6-12-9(2)14-7-17-12/h3-4,7,13,16H,5-6H2,1-2H3. The summed E-state index contributed by atoms with van der Waals surface area (Å²) in [6.07, 6.45) is 0. The van der Waals surface area contributed by atoms with Gasteiger partial charge in [-0.1, -0.05) is 0 Å². The van der Waals surface area contributed by atoms with E-state index < -0.39 is 0 Å². The third kappa shape index (κ3) is 3.01. The van der Waals surface area contributed by atoms with Crippen LogP contribution in [0, 0.1) is 13.8 Å². The van der Waals surface area contributed by atoms with Gasteiger partial charge in [0, 0.05) is 23.7 Å². The molecule has 2 aromatic rings. The zero-order valence-corrected chi connectivity index (χ0v) is 10.7. The predicted molar refractivity (Wildman–Crippen MR) is 68.0 cm³/mol. The van der Waals surface area contributed by atoms with E-state index in [1.165, 1.54) is 4.88 Å². The smallest absolute Gasteiger partial charge is 0.138 e. The number of aromatic nitrogens is 2. The fourth-order valence-electron chi connectivity index (χ4n) is 1.52. The summed E-state index contributed by atoms with van der Waals surface area (Å²) in [5.74, 6) is 0.240. The molecular weight excluding hydrogens is 234 g/mol. The Labute approximate surface area is 104 Å². The molecular formula is C12H15N3OS. The molecule has 0 saturated carbocycles. The Morgan fingerprint density at radius 1 is 1.29 bits per heavy atom. The number of nitrogens with zero attached hydrogens (tertiary/aromatic N) is 2. The van der Waals surface area contributed by atoms with Gasteiger partial charge in [-0.3, -0.25) is 4.98 Å². The number of aromatic hydroxyl groups is 1. The molecule has 0 radical (unpaired) electrons. The number of hydrogen-bond acceptors (Lipinski definition) is 5. The molecule has 0 amide bonds. The lowest BCUT2D eigenvalue weighted by atomic mass is 10.3. The third-order valence-corrected chi connectivity index (χ3v) is 3.45. The number of thiazole rings is 1. The number of pyridine rings is 1. The van der Waals surface area contributed by atoms with Crippen molar-refractivity contribution in [2.24, 2.45) is 0 Å². The van der Waals surface area contributed by atoms with Gasteiger partial charge in [0.05, 0.1) is 16.9 Å². The number of hydrogen-bond donors (Lipinski definition) is 2. The summed E-state index contributed by atoms with van der Waals surface area (Å²) < 4.78 is 0. The number of nitrogens with one attached hydrogen (secondary N) is 1. The molecule has 0 aliphatic rings. The Morgan fingerprint density at radius 2 is 2.12 bits per heavy atom. The van der Waals surface area contributed by atoms with Crippen molar-refractivity contribution in [1.82, 2.24) is 15.3 Å². The Bertz CT molecular complexity index is 510. The maximum Gasteiger partial charge on any atom is 0.138 e. The molecule has 0 bridgehead atoms. The van der Waals surface area contributed by atoms with Gasteiger partial charge in [-0.25, -0.2) is 4.98 Å². The summed E-state index contributed by atoms with van der Waals surface area (Å²) >= 11 is 1.64. The lowest BCUT2D eigenvalue weighted by molar-refractivity contribution is 0.459. The number of aryl methyl sites for hydroxylation is 2. The molecule has 0 fully saturated rings. The van der Waals surface area contributed by atoms with E-state index in [2.05, 4.69) is 15.3 Å². The normalized spacial score (nSPS) is 10.7. The minimum atomic E-state index is 0.240. The summed E-state index contributed by atoms with van der Waals surface area (Å²) in [6.45, 7) is 5.22. The largest absolute Gasteiger partial charge is 0.506 e. The maximum atomic E-state index is 9.63. The van der Waals surface area contributed by atoms with E-state index in [1.807, 2.05) is 19.4 Å². The van der Waals surface area contributed by atoms with Gasteiger partial charge in [0.15, 0.2) is 0 Å². The molecule has 2 aromatic heterocycles. The predicted octanol–water partition coefficient (Wildman–Crippen LogP) is 2.15. The topological polar surface area (TPSA) is 58.0 Å². The van der Waals surface area contributed by atoms with Crippen molar-refractivity contribution in [3.8, 4) is 5.75 Å². The Kier molecular flexibility index (Phi) is 3.71. The maximum absolute atomic E-state index is 9.63. The van der Waals surface area contributed by atoms with Gasteiger partial charge < -0.3 is 10.4 Å². The van der Waals surface area contributed by atoms with E-state index >= 15 is 0 Å². The van der Waals surface area contributed by atoms with E-state index in [1.54, 1.807) is 23.5 Å². The monoisotopic (exact) mass is 249 g/mol. The van der Waals surface area contributed by atoms with Crippen molar-refractivity contribution in [3.63, 3.8) is 0 Å². The minimum Gasteiger partial charge on any atom is -0.506 e. The first-order chi connectivity index (χ1) is 8.16. The molecule has 4 nitrogen and oxygen atoms in total. The fraction of sp³-hybridized carbons (Fsp3) is 0.333. The molecule has 2 heterocycles. The van der Waals surface area contributed by atoms with Crippen molar-refractivity contribution < 1.29 is 5.11 Å². The SMILES string of the molecule is Cc1ccc(O)c(CNCc2scnc2C)n1. The van der Waals surface area contributed by atoms with Crippen molar-refractivity contribution in [1.29, 1.82) is 0 Å². The van der Waals surface area contributed by atoms with Crippen LogP contribution in [0.25, 0.3) is 0 Å². The van der Waals surface area contributed by atoms with E-state index in [0.29, 0.717) is 12.2 Å². The molecule has 0 aromatic carbocycles. The average Bonchev–Trinajstić information content (AvgIpc) is 2.70. The first-order valence-corrected chi connectivity index (χ1v) is 6.30. The van der Waals surface area contributed by atoms with Crippen molar-refractivity contribution in [2.45, 2.75) is 26.9 Å². The van der Waals surface area contributed by atoms with E-state index in [4.69, 9.17) is 0 Å². The lowest BCUT2D eigenvalue weighted by Gasteiger charge is -2.06. The summed E-state index contributed by atoms with van der Waals surface area (Å²) in [5, 5.41) is 12.9. The summed E-state index contributed by atoms with van der Waals surface area (Å²) in [6, 6.07) is 3.48. The van der Waals surface area contributed by atoms with Gasteiger partial charge in [0.25, 0.3) is 0 Å². The van der Waals surface area contributed by atoms with Crippen LogP contribution in [0.5, 0.6) is 5.75 Å². The van der Waals surface area contributed by atoms with Crippen molar-refractivity contribution in [2.75, 3.05) is 0 Å². The average molecular weight is 249 g/mol. The highest BCUT2D eigenvalue weighted by Gasteiger charge is 2.04. The molecule has 2 N–H and O–H groups in total. The second-order valence-electron chi connectivity index (χ2n) is 3.88. The van der Waals surface area contributed by atoms with Gasteiger partial charge in [0.2, 0.25) is 0 Å². The highest BCUT2D eigenvalue weighted by molar-refractivity contribution is 7.09. The van der Waals surface area contributed by atoms with Crippen LogP contribution < -0.4 is 5.32 Å². The summed E-state index contributed by atoms with van der Waals surface area (Å²) in [4.78, 5) is 9.70. The summed E-state index contributed by atoms with van der Waals surface area (Å²) in [7, 11) is 0. The Hall–Kier alpha value is -1.46. The summed E-state index contributed by atoms with van der Waals surface area (Å²) in [5.41, 5.74) is 4.50. The highest BCUT2D eigenvalue weighted by atomic mass is 32.1. The molecule has 0 aliphatic carbocycles. The van der Waals surface area contributed by atoms with Crippen molar-refractivity contribution in [3.05, 3.63) is 39.6 Å². The molecule has 2 rings (SSSR count). The Morgan fingerprint density at radius 3 is 2.82 bits per heavy atom. The van der Waals surface area contributed by atoms with Crippen molar-refractivity contribution >= 4 is 11.3 Å².